The second-order valence-corrected chi connectivity index (χ2v) is 7.19. The van der Waals surface area contributed by atoms with Gasteiger partial charge in [0.15, 0.2) is 0 Å². The zero-order valence-electron chi connectivity index (χ0n) is 15.5. The van der Waals surface area contributed by atoms with Crippen molar-refractivity contribution in [3.05, 3.63) is 66.1 Å². The molecule has 1 aliphatic heterocycles. The maximum Gasteiger partial charge on any atom is 0.253 e. The summed E-state index contributed by atoms with van der Waals surface area (Å²) in [5, 5.41) is 4.02. The Morgan fingerprint density at radius 3 is 2.93 bits per heavy atom. The summed E-state index contributed by atoms with van der Waals surface area (Å²) in [6.45, 7) is 1.21. The molecule has 7 nitrogen and oxygen atoms in total. The van der Waals surface area contributed by atoms with Crippen molar-refractivity contribution in [2.45, 2.75) is 18.8 Å². The van der Waals surface area contributed by atoms with Crippen LogP contribution in [-0.2, 0) is 0 Å². The lowest BCUT2D eigenvalue weighted by atomic mass is 9.97. The zero-order valence-corrected chi connectivity index (χ0v) is 15.5. The first-order valence-corrected chi connectivity index (χ1v) is 9.49. The predicted molar refractivity (Wildman–Crippen MR) is 104 cm³/mol. The molecule has 2 aromatic heterocycles. The Labute approximate surface area is 165 Å². The van der Waals surface area contributed by atoms with Crippen molar-refractivity contribution >= 4 is 16.9 Å². The fourth-order valence-corrected chi connectivity index (χ4v) is 3.73. The summed E-state index contributed by atoms with van der Waals surface area (Å²) >= 11 is 0. The van der Waals surface area contributed by atoms with Crippen LogP contribution in [0.25, 0.3) is 22.4 Å². The Morgan fingerprint density at radius 2 is 2.07 bits per heavy atom. The number of imidazole rings is 1. The third-order valence-electron chi connectivity index (χ3n) is 5.27. The van der Waals surface area contributed by atoms with Crippen molar-refractivity contribution in [2.75, 3.05) is 13.1 Å². The molecule has 1 amide bonds. The van der Waals surface area contributed by atoms with Gasteiger partial charge in [0.25, 0.3) is 5.91 Å². The van der Waals surface area contributed by atoms with Crippen LogP contribution in [-0.4, -0.2) is 44.0 Å². The van der Waals surface area contributed by atoms with Crippen LogP contribution in [0.15, 0.2) is 53.3 Å². The van der Waals surface area contributed by atoms with Gasteiger partial charge in [0.2, 0.25) is 11.7 Å². The standard InChI is InChI=1S/C21H18FN5O2/c22-16-6-3-13(4-7-16)19-25-20(29-26-19)15-2-1-9-27(11-15)21(28)14-5-8-17-18(10-14)24-12-23-17/h3-8,10,12,15H,1-2,9,11H2,(H,23,24)/t15-/m0/s1. The highest BCUT2D eigenvalue weighted by Gasteiger charge is 2.29. The van der Waals surface area contributed by atoms with E-state index in [0.29, 0.717) is 35.9 Å². The van der Waals surface area contributed by atoms with Gasteiger partial charge in [-0.3, -0.25) is 4.79 Å². The molecule has 29 heavy (non-hydrogen) atoms. The minimum absolute atomic E-state index is 0.0229. The number of halogens is 1. The lowest BCUT2D eigenvalue weighted by Gasteiger charge is -2.31. The van der Waals surface area contributed by atoms with Crippen LogP contribution in [0.3, 0.4) is 0 Å². The van der Waals surface area contributed by atoms with Crippen molar-refractivity contribution in [3.63, 3.8) is 0 Å². The second-order valence-electron chi connectivity index (χ2n) is 7.19. The number of amides is 1. The lowest BCUT2D eigenvalue weighted by Crippen LogP contribution is -2.39. The highest BCUT2D eigenvalue weighted by molar-refractivity contribution is 5.97. The van der Waals surface area contributed by atoms with E-state index < -0.39 is 0 Å². The normalized spacial score (nSPS) is 17.0. The van der Waals surface area contributed by atoms with Crippen LogP contribution in [0.5, 0.6) is 0 Å². The summed E-state index contributed by atoms with van der Waals surface area (Å²) in [4.78, 5) is 26.5. The SMILES string of the molecule is O=C(c1ccc2nc[nH]c2c1)N1CCC[C@H](c2nc(-c3ccc(F)cc3)no2)C1. The minimum atomic E-state index is -0.313. The van der Waals surface area contributed by atoms with Crippen molar-refractivity contribution in [3.8, 4) is 11.4 Å². The molecule has 1 atom stereocenters. The molecule has 5 rings (SSSR count). The first-order valence-electron chi connectivity index (χ1n) is 9.49. The van der Waals surface area contributed by atoms with Crippen LogP contribution < -0.4 is 0 Å². The summed E-state index contributed by atoms with van der Waals surface area (Å²) in [5.41, 5.74) is 2.99. The third kappa shape index (κ3) is 3.37. The number of nitrogens with one attached hydrogen (secondary N) is 1. The molecule has 0 bridgehead atoms. The lowest BCUT2D eigenvalue weighted by molar-refractivity contribution is 0.0696. The number of likely N-dealkylation sites (tertiary alicyclic amines) is 1. The van der Waals surface area contributed by atoms with E-state index in [-0.39, 0.29) is 17.6 Å². The molecule has 8 heteroatoms. The fraction of sp³-hybridized carbons (Fsp3) is 0.238. The molecule has 1 aliphatic rings. The highest BCUT2D eigenvalue weighted by atomic mass is 19.1. The predicted octanol–water partition coefficient (Wildman–Crippen LogP) is 3.77. The van der Waals surface area contributed by atoms with E-state index in [0.717, 1.165) is 23.9 Å². The molecule has 0 saturated carbocycles. The number of H-pyrrole nitrogens is 1. The monoisotopic (exact) mass is 391 g/mol. The third-order valence-corrected chi connectivity index (χ3v) is 5.27. The molecule has 2 aromatic carbocycles. The van der Waals surface area contributed by atoms with Crippen LogP contribution >= 0.6 is 0 Å². The number of hydrogen-bond acceptors (Lipinski definition) is 5. The smallest absolute Gasteiger partial charge is 0.253 e. The van der Waals surface area contributed by atoms with Crippen molar-refractivity contribution in [2.24, 2.45) is 0 Å². The Bertz CT molecular complexity index is 1170. The molecule has 3 heterocycles. The van der Waals surface area contributed by atoms with Gasteiger partial charge in [-0.05, 0) is 55.3 Å². The van der Waals surface area contributed by atoms with Crippen molar-refractivity contribution in [1.29, 1.82) is 0 Å². The molecule has 146 valence electrons. The van der Waals surface area contributed by atoms with Gasteiger partial charge in [-0.2, -0.15) is 4.98 Å². The molecule has 4 aromatic rings. The van der Waals surface area contributed by atoms with Gasteiger partial charge in [0.1, 0.15) is 5.82 Å². The van der Waals surface area contributed by atoms with E-state index in [9.17, 15) is 9.18 Å². The average molecular weight is 391 g/mol. The summed E-state index contributed by atoms with van der Waals surface area (Å²) in [5.74, 6) is 0.570. The Morgan fingerprint density at radius 1 is 1.21 bits per heavy atom. The van der Waals surface area contributed by atoms with E-state index in [2.05, 4.69) is 20.1 Å². The van der Waals surface area contributed by atoms with E-state index >= 15 is 0 Å². The molecule has 0 spiro atoms. The summed E-state index contributed by atoms with van der Waals surface area (Å²) < 4.78 is 18.6. The first kappa shape index (κ1) is 17.5. The number of rotatable bonds is 3. The largest absolute Gasteiger partial charge is 0.345 e. The second kappa shape index (κ2) is 7.12. The Balaban J connectivity index is 1.34. The van der Waals surface area contributed by atoms with Gasteiger partial charge in [-0.15, -0.1) is 0 Å². The molecular weight excluding hydrogens is 373 g/mol. The van der Waals surface area contributed by atoms with E-state index in [1.165, 1.54) is 12.1 Å². The molecule has 0 aliphatic carbocycles. The first-order chi connectivity index (χ1) is 14.2. The van der Waals surface area contributed by atoms with Crippen LogP contribution in [0.1, 0.15) is 35.0 Å². The number of carbonyl (C=O) groups excluding carboxylic acids is 1. The van der Waals surface area contributed by atoms with E-state index in [4.69, 9.17) is 4.52 Å². The number of aromatic amines is 1. The van der Waals surface area contributed by atoms with E-state index in [1.807, 2.05) is 17.0 Å². The Kier molecular flexibility index (Phi) is 4.31. The van der Waals surface area contributed by atoms with Crippen molar-refractivity contribution < 1.29 is 13.7 Å². The summed E-state index contributed by atoms with van der Waals surface area (Å²) in [6, 6.07) is 11.4. The van der Waals surface area contributed by atoms with Gasteiger partial charge >= 0.3 is 0 Å². The van der Waals surface area contributed by atoms with Crippen LogP contribution in [0.4, 0.5) is 4.39 Å². The number of hydrogen-bond donors (Lipinski definition) is 1. The molecular formula is C21H18FN5O2. The summed E-state index contributed by atoms with van der Waals surface area (Å²) in [7, 11) is 0. The van der Waals surface area contributed by atoms with Gasteiger partial charge in [0.05, 0.1) is 23.3 Å². The number of aromatic nitrogens is 4. The molecule has 0 radical (unpaired) electrons. The Hall–Kier alpha value is -3.55. The minimum Gasteiger partial charge on any atom is -0.345 e. The molecule has 1 saturated heterocycles. The van der Waals surface area contributed by atoms with Gasteiger partial charge in [-0.25, -0.2) is 9.37 Å². The number of fused-ring (bicyclic) bond motifs is 1. The maximum absolute atomic E-state index is 13.1. The number of piperidine rings is 1. The number of carbonyl (C=O) groups is 1. The quantitative estimate of drug-likeness (QED) is 0.574. The number of nitrogens with zero attached hydrogens (tertiary/aromatic N) is 4. The molecule has 0 unspecified atom stereocenters. The van der Waals surface area contributed by atoms with Gasteiger partial charge < -0.3 is 14.4 Å². The van der Waals surface area contributed by atoms with Gasteiger partial charge in [-0.1, -0.05) is 5.16 Å². The van der Waals surface area contributed by atoms with E-state index in [1.54, 1.807) is 24.5 Å². The molecule has 1 N–H and O–H groups in total. The average Bonchev–Trinajstić information content (AvgIpc) is 3.43. The maximum atomic E-state index is 13.1. The molecule has 1 fully saturated rings. The highest BCUT2D eigenvalue weighted by Crippen LogP contribution is 2.28. The topological polar surface area (TPSA) is 87.9 Å². The fourth-order valence-electron chi connectivity index (χ4n) is 3.73. The summed E-state index contributed by atoms with van der Waals surface area (Å²) in [6.07, 6.45) is 3.34. The van der Waals surface area contributed by atoms with Crippen molar-refractivity contribution in [1.82, 2.24) is 25.0 Å². The number of benzene rings is 2. The van der Waals surface area contributed by atoms with Crippen LogP contribution in [0.2, 0.25) is 0 Å². The zero-order chi connectivity index (χ0) is 19.8. The van der Waals surface area contributed by atoms with Gasteiger partial charge in [0, 0.05) is 24.2 Å². The van der Waals surface area contributed by atoms with Crippen LogP contribution in [0, 0.1) is 5.82 Å².